The van der Waals surface area contributed by atoms with Gasteiger partial charge in [0.1, 0.15) is 0 Å². The Morgan fingerprint density at radius 1 is 1.21 bits per heavy atom. The lowest BCUT2D eigenvalue weighted by atomic mass is 9.85. The summed E-state index contributed by atoms with van der Waals surface area (Å²) in [6.07, 6.45) is 10.1. The number of rotatable bonds is 9. The summed E-state index contributed by atoms with van der Waals surface area (Å²) in [4.78, 5) is 0. The zero-order valence-electron chi connectivity index (χ0n) is 13.6. The minimum Gasteiger partial charge on any atom is -0.375 e. The lowest BCUT2D eigenvalue weighted by Gasteiger charge is -2.30. The first-order valence-corrected chi connectivity index (χ1v) is 8.48. The summed E-state index contributed by atoms with van der Waals surface area (Å²) in [7, 11) is 0. The molecule has 2 heteroatoms. The van der Waals surface area contributed by atoms with Gasteiger partial charge in [-0.2, -0.15) is 0 Å². The fourth-order valence-corrected chi connectivity index (χ4v) is 3.04. The molecule has 3 atom stereocenters. The van der Waals surface area contributed by atoms with Gasteiger partial charge in [-0.05, 0) is 57.5 Å². The minimum atomic E-state index is 0.432. The second-order valence-corrected chi connectivity index (χ2v) is 6.75. The third-order valence-electron chi connectivity index (χ3n) is 4.25. The smallest absolute Gasteiger partial charge is 0.0581 e. The van der Waals surface area contributed by atoms with Crippen LogP contribution in [0.5, 0.6) is 0 Å². The van der Waals surface area contributed by atoms with Gasteiger partial charge < -0.3 is 10.1 Å². The Morgan fingerprint density at radius 3 is 2.68 bits per heavy atom. The monoisotopic (exact) mass is 269 g/mol. The Hall–Kier alpha value is -0.0800. The highest BCUT2D eigenvalue weighted by atomic mass is 16.5. The maximum Gasteiger partial charge on any atom is 0.0581 e. The fraction of sp³-hybridized carbons (Fsp3) is 1.00. The third kappa shape index (κ3) is 7.94. The number of nitrogens with one attached hydrogen (secondary N) is 1. The van der Waals surface area contributed by atoms with E-state index < -0.39 is 0 Å². The van der Waals surface area contributed by atoms with Gasteiger partial charge in [0.05, 0.1) is 12.2 Å². The van der Waals surface area contributed by atoms with Gasteiger partial charge in [0.25, 0.3) is 0 Å². The average molecular weight is 269 g/mol. The molecule has 1 aliphatic carbocycles. The molecule has 0 saturated heterocycles. The molecule has 2 nitrogen and oxygen atoms in total. The van der Waals surface area contributed by atoms with Gasteiger partial charge in [-0.3, -0.25) is 0 Å². The predicted molar refractivity (Wildman–Crippen MR) is 83.5 cm³/mol. The number of hydrogen-bond donors (Lipinski definition) is 1. The van der Waals surface area contributed by atoms with Crippen LogP contribution < -0.4 is 5.32 Å². The molecule has 0 aromatic heterocycles. The van der Waals surface area contributed by atoms with Gasteiger partial charge in [-0.15, -0.1) is 0 Å². The van der Waals surface area contributed by atoms with Crippen LogP contribution in [0, 0.1) is 11.8 Å². The number of ether oxygens (including phenoxy) is 1. The van der Waals surface area contributed by atoms with Crippen molar-refractivity contribution < 1.29 is 4.74 Å². The van der Waals surface area contributed by atoms with Crippen LogP contribution in [-0.4, -0.2) is 25.3 Å². The van der Waals surface area contributed by atoms with Crippen molar-refractivity contribution in [2.45, 2.75) is 84.8 Å². The first-order chi connectivity index (χ1) is 9.11. The Bertz CT molecular complexity index is 217. The average Bonchev–Trinajstić information content (AvgIpc) is 2.38. The minimum absolute atomic E-state index is 0.432. The van der Waals surface area contributed by atoms with Gasteiger partial charge in [0.15, 0.2) is 0 Å². The van der Waals surface area contributed by atoms with E-state index >= 15 is 0 Å². The fourth-order valence-electron chi connectivity index (χ4n) is 3.04. The molecular weight excluding hydrogens is 234 g/mol. The number of hydrogen-bond acceptors (Lipinski definition) is 2. The van der Waals surface area contributed by atoms with Crippen LogP contribution >= 0.6 is 0 Å². The van der Waals surface area contributed by atoms with Crippen molar-refractivity contribution in [3.63, 3.8) is 0 Å². The highest BCUT2D eigenvalue weighted by Gasteiger charge is 2.22. The largest absolute Gasteiger partial charge is 0.375 e. The van der Waals surface area contributed by atoms with Crippen LogP contribution in [0.2, 0.25) is 0 Å². The first kappa shape index (κ1) is 17.0. The normalized spacial score (nSPS) is 25.7. The van der Waals surface area contributed by atoms with Gasteiger partial charge in [0.2, 0.25) is 0 Å². The third-order valence-corrected chi connectivity index (χ3v) is 4.25. The highest BCUT2D eigenvalue weighted by Crippen LogP contribution is 2.29. The van der Waals surface area contributed by atoms with Crippen molar-refractivity contribution in [3.8, 4) is 0 Å². The highest BCUT2D eigenvalue weighted by molar-refractivity contribution is 4.73. The Balaban J connectivity index is 2.05. The van der Waals surface area contributed by atoms with Gasteiger partial charge in [-0.1, -0.05) is 40.0 Å². The summed E-state index contributed by atoms with van der Waals surface area (Å²) in [5, 5.41) is 3.50. The second-order valence-electron chi connectivity index (χ2n) is 6.75. The molecule has 0 spiro atoms. The van der Waals surface area contributed by atoms with E-state index in [1.54, 1.807) is 0 Å². The first-order valence-electron chi connectivity index (χ1n) is 8.48. The SMILES string of the molecule is CCC1CCCC(OC(C)CCCNCC(C)C)C1. The second kappa shape index (κ2) is 9.77. The van der Waals surface area contributed by atoms with Gasteiger partial charge >= 0.3 is 0 Å². The van der Waals surface area contributed by atoms with Crippen LogP contribution in [0.4, 0.5) is 0 Å². The molecule has 0 aromatic rings. The Labute approximate surface area is 120 Å². The van der Waals surface area contributed by atoms with E-state index in [4.69, 9.17) is 4.74 Å². The lowest BCUT2D eigenvalue weighted by Crippen LogP contribution is -2.27. The van der Waals surface area contributed by atoms with Crippen LogP contribution in [0.3, 0.4) is 0 Å². The summed E-state index contributed by atoms with van der Waals surface area (Å²) in [6, 6.07) is 0. The van der Waals surface area contributed by atoms with Crippen molar-refractivity contribution in [1.82, 2.24) is 5.32 Å². The molecule has 0 bridgehead atoms. The van der Waals surface area contributed by atoms with E-state index in [1.807, 2.05) is 0 Å². The molecule has 1 N–H and O–H groups in total. The van der Waals surface area contributed by atoms with E-state index in [2.05, 4.69) is 33.0 Å². The van der Waals surface area contributed by atoms with Crippen LogP contribution in [-0.2, 0) is 4.74 Å². The van der Waals surface area contributed by atoms with Gasteiger partial charge in [0, 0.05) is 0 Å². The van der Waals surface area contributed by atoms with Crippen LogP contribution in [0.1, 0.15) is 72.6 Å². The molecule has 1 fully saturated rings. The van der Waals surface area contributed by atoms with Crippen molar-refractivity contribution in [2.24, 2.45) is 11.8 Å². The lowest BCUT2D eigenvalue weighted by molar-refractivity contribution is -0.0360. The molecule has 1 aliphatic rings. The maximum atomic E-state index is 6.22. The van der Waals surface area contributed by atoms with Gasteiger partial charge in [-0.25, -0.2) is 0 Å². The van der Waals surface area contributed by atoms with Crippen LogP contribution in [0.15, 0.2) is 0 Å². The molecular formula is C17H35NO. The van der Waals surface area contributed by atoms with Crippen molar-refractivity contribution in [3.05, 3.63) is 0 Å². The van der Waals surface area contributed by atoms with E-state index in [9.17, 15) is 0 Å². The Kier molecular flexibility index (Phi) is 8.72. The van der Waals surface area contributed by atoms with E-state index in [0.717, 1.165) is 24.9 Å². The molecule has 0 amide bonds. The Morgan fingerprint density at radius 2 is 2.00 bits per heavy atom. The van der Waals surface area contributed by atoms with E-state index in [1.165, 1.54) is 44.9 Å². The molecule has 3 unspecified atom stereocenters. The van der Waals surface area contributed by atoms with E-state index in [0.29, 0.717) is 12.2 Å². The summed E-state index contributed by atoms with van der Waals surface area (Å²) in [5.74, 6) is 1.67. The quantitative estimate of drug-likeness (QED) is 0.627. The predicted octanol–water partition coefficient (Wildman–Crippen LogP) is 4.39. The zero-order chi connectivity index (χ0) is 14.1. The van der Waals surface area contributed by atoms with Crippen LogP contribution in [0.25, 0.3) is 0 Å². The molecule has 0 aliphatic heterocycles. The topological polar surface area (TPSA) is 21.3 Å². The van der Waals surface area contributed by atoms with Crippen molar-refractivity contribution >= 4 is 0 Å². The summed E-state index contributed by atoms with van der Waals surface area (Å²) >= 11 is 0. The maximum absolute atomic E-state index is 6.22. The van der Waals surface area contributed by atoms with Crippen molar-refractivity contribution in [2.75, 3.05) is 13.1 Å². The molecule has 114 valence electrons. The molecule has 19 heavy (non-hydrogen) atoms. The van der Waals surface area contributed by atoms with Crippen molar-refractivity contribution in [1.29, 1.82) is 0 Å². The summed E-state index contributed by atoms with van der Waals surface area (Å²) in [6.45, 7) is 11.3. The molecule has 1 rings (SSSR count). The molecule has 0 radical (unpaired) electrons. The summed E-state index contributed by atoms with van der Waals surface area (Å²) < 4.78 is 6.22. The summed E-state index contributed by atoms with van der Waals surface area (Å²) in [5.41, 5.74) is 0. The molecule has 0 aromatic carbocycles. The van der Waals surface area contributed by atoms with E-state index in [-0.39, 0.29) is 0 Å². The standard InChI is InChI=1S/C17H35NO/c1-5-16-9-6-10-17(12-16)19-15(4)8-7-11-18-13-14(2)3/h14-18H,5-13H2,1-4H3. The zero-order valence-corrected chi connectivity index (χ0v) is 13.6. The molecule has 1 saturated carbocycles. The molecule has 0 heterocycles.